The van der Waals surface area contributed by atoms with E-state index in [0.29, 0.717) is 18.9 Å². The summed E-state index contributed by atoms with van der Waals surface area (Å²) in [5.41, 5.74) is 6.91. The van der Waals surface area contributed by atoms with Crippen molar-refractivity contribution in [1.29, 1.82) is 0 Å². The third-order valence-corrected chi connectivity index (χ3v) is 7.09. The molecule has 4 aromatic rings. The molecular weight excluding hydrogens is 420 g/mol. The summed E-state index contributed by atoms with van der Waals surface area (Å²) in [5, 5.41) is 9.73. The molecule has 6 nitrogen and oxygen atoms in total. The first-order valence-electron chi connectivity index (χ1n) is 10.9. The Hall–Kier alpha value is -3.03. The number of carbonyl (C=O) groups is 1. The molecule has 0 spiro atoms. The second-order valence-corrected chi connectivity index (χ2v) is 9.25. The predicted octanol–water partition coefficient (Wildman–Crippen LogP) is 4.50. The van der Waals surface area contributed by atoms with Crippen LogP contribution in [0.1, 0.15) is 40.0 Å². The molecule has 1 aromatic carbocycles. The summed E-state index contributed by atoms with van der Waals surface area (Å²) in [4.78, 5) is 17.7. The molecule has 3 aromatic heterocycles. The molecule has 5 rings (SSSR count). The van der Waals surface area contributed by atoms with Gasteiger partial charge >= 0.3 is 0 Å². The lowest BCUT2D eigenvalue weighted by Gasteiger charge is -2.23. The van der Waals surface area contributed by atoms with E-state index < -0.39 is 0 Å². The van der Waals surface area contributed by atoms with Crippen LogP contribution in [-0.2, 0) is 18.2 Å². The highest BCUT2D eigenvalue weighted by molar-refractivity contribution is 7.17. The number of rotatable bonds is 5. The second-order valence-electron chi connectivity index (χ2n) is 8.37. The maximum Gasteiger partial charge on any atom is 0.270 e. The molecule has 1 amide bonds. The SMILES string of the molecule is Cc1csc2c(Cc3ccc(-c4ccn(C)n4)cc3)cc(C(=O)NC3CCOCC3)nc12. The van der Waals surface area contributed by atoms with E-state index >= 15 is 0 Å². The van der Waals surface area contributed by atoms with Gasteiger partial charge in [0.05, 0.1) is 15.9 Å². The van der Waals surface area contributed by atoms with E-state index in [4.69, 9.17) is 9.72 Å². The Bertz CT molecular complexity index is 1250. The van der Waals surface area contributed by atoms with Crippen LogP contribution in [0.5, 0.6) is 0 Å². The topological polar surface area (TPSA) is 69.0 Å². The largest absolute Gasteiger partial charge is 0.381 e. The fourth-order valence-corrected chi connectivity index (χ4v) is 5.13. The van der Waals surface area contributed by atoms with Crippen LogP contribution in [0.25, 0.3) is 21.5 Å². The highest BCUT2D eigenvalue weighted by atomic mass is 32.1. The molecule has 0 unspecified atom stereocenters. The molecule has 164 valence electrons. The van der Waals surface area contributed by atoms with E-state index in [0.717, 1.165) is 51.9 Å². The van der Waals surface area contributed by atoms with Gasteiger partial charge in [-0.2, -0.15) is 5.10 Å². The maximum atomic E-state index is 13.0. The molecule has 1 N–H and O–H groups in total. The van der Waals surface area contributed by atoms with E-state index in [9.17, 15) is 4.79 Å². The molecule has 1 saturated heterocycles. The minimum atomic E-state index is -0.101. The lowest BCUT2D eigenvalue weighted by atomic mass is 10.0. The Morgan fingerprint density at radius 3 is 2.72 bits per heavy atom. The van der Waals surface area contributed by atoms with Crippen molar-refractivity contribution in [3.63, 3.8) is 0 Å². The number of benzene rings is 1. The number of fused-ring (bicyclic) bond motifs is 1. The minimum absolute atomic E-state index is 0.101. The van der Waals surface area contributed by atoms with Crippen molar-refractivity contribution in [2.24, 2.45) is 7.05 Å². The number of carbonyl (C=O) groups excluding carboxylic acids is 1. The zero-order chi connectivity index (χ0) is 22.1. The van der Waals surface area contributed by atoms with Gasteiger partial charge in [-0.05, 0) is 60.4 Å². The number of ether oxygens (including phenoxy) is 1. The van der Waals surface area contributed by atoms with Gasteiger partial charge in [-0.1, -0.05) is 24.3 Å². The molecule has 0 saturated carbocycles. The molecule has 1 fully saturated rings. The van der Waals surface area contributed by atoms with Crippen molar-refractivity contribution in [3.8, 4) is 11.3 Å². The Morgan fingerprint density at radius 2 is 2.00 bits per heavy atom. The fourth-order valence-electron chi connectivity index (χ4n) is 4.12. The van der Waals surface area contributed by atoms with E-state index in [-0.39, 0.29) is 11.9 Å². The van der Waals surface area contributed by atoms with Gasteiger partial charge in [0.2, 0.25) is 0 Å². The number of amides is 1. The lowest BCUT2D eigenvalue weighted by molar-refractivity contribution is 0.0694. The number of thiophene rings is 1. The summed E-state index contributed by atoms with van der Waals surface area (Å²) in [6, 6.07) is 12.6. The number of aromatic nitrogens is 3. The van der Waals surface area contributed by atoms with Gasteiger partial charge in [0, 0.05) is 38.1 Å². The average molecular weight is 447 g/mol. The molecule has 1 aliphatic rings. The normalized spacial score (nSPS) is 14.7. The number of hydrogen-bond acceptors (Lipinski definition) is 5. The van der Waals surface area contributed by atoms with E-state index in [1.165, 1.54) is 5.56 Å². The average Bonchev–Trinajstić information content (AvgIpc) is 3.41. The summed E-state index contributed by atoms with van der Waals surface area (Å²) >= 11 is 1.70. The van der Waals surface area contributed by atoms with Gasteiger partial charge in [0.15, 0.2) is 0 Å². The Morgan fingerprint density at radius 1 is 1.22 bits per heavy atom. The third kappa shape index (κ3) is 4.31. The first-order chi connectivity index (χ1) is 15.6. The summed E-state index contributed by atoms with van der Waals surface area (Å²) in [5.74, 6) is -0.101. The van der Waals surface area contributed by atoms with Crippen molar-refractivity contribution in [1.82, 2.24) is 20.1 Å². The lowest BCUT2D eigenvalue weighted by Crippen LogP contribution is -2.39. The van der Waals surface area contributed by atoms with Gasteiger partial charge < -0.3 is 10.1 Å². The molecule has 0 atom stereocenters. The van der Waals surface area contributed by atoms with Crippen LogP contribution in [0.3, 0.4) is 0 Å². The van der Waals surface area contributed by atoms with Gasteiger partial charge in [-0.3, -0.25) is 9.48 Å². The number of aryl methyl sites for hydroxylation is 2. The van der Waals surface area contributed by atoms with E-state index in [1.54, 1.807) is 11.3 Å². The molecule has 7 heteroatoms. The molecule has 32 heavy (non-hydrogen) atoms. The van der Waals surface area contributed by atoms with Crippen molar-refractivity contribution < 1.29 is 9.53 Å². The predicted molar refractivity (Wildman–Crippen MR) is 127 cm³/mol. The Labute approximate surface area is 191 Å². The van der Waals surface area contributed by atoms with Gasteiger partial charge in [-0.25, -0.2) is 4.98 Å². The highest BCUT2D eigenvalue weighted by Gasteiger charge is 2.20. The van der Waals surface area contributed by atoms with Crippen LogP contribution in [0, 0.1) is 6.92 Å². The standard InChI is InChI=1S/C25H26N4O2S/c1-16-15-32-24-19(13-17-3-5-18(6-4-17)21-7-10-29(2)28-21)14-22(27-23(16)24)25(30)26-20-8-11-31-12-9-20/h3-7,10,14-15,20H,8-9,11-13H2,1-2H3,(H,26,30). The molecule has 1 aliphatic heterocycles. The second kappa shape index (κ2) is 8.84. The van der Waals surface area contributed by atoms with Gasteiger partial charge in [-0.15, -0.1) is 11.3 Å². The van der Waals surface area contributed by atoms with Crippen molar-refractivity contribution in [3.05, 3.63) is 70.4 Å². The Balaban J connectivity index is 1.42. The maximum absolute atomic E-state index is 13.0. The molecule has 0 aliphatic carbocycles. The zero-order valence-electron chi connectivity index (χ0n) is 18.3. The number of pyridine rings is 1. The monoisotopic (exact) mass is 446 g/mol. The zero-order valence-corrected chi connectivity index (χ0v) is 19.1. The third-order valence-electron chi connectivity index (χ3n) is 5.92. The smallest absolute Gasteiger partial charge is 0.270 e. The van der Waals surface area contributed by atoms with Crippen molar-refractivity contribution >= 4 is 27.5 Å². The number of nitrogens with zero attached hydrogens (tertiary/aromatic N) is 3. The quantitative estimate of drug-likeness (QED) is 0.490. The fraction of sp³-hybridized carbons (Fsp3) is 0.320. The summed E-state index contributed by atoms with van der Waals surface area (Å²) in [6.07, 6.45) is 4.39. The molecule has 4 heterocycles. The first-order valence-corrected chi connectivity index (χ1v) is 11.8. The number of nitrogens with one attached hydrogen (secondary N) is 1. The van der Waals surface area contributed by atoms with Crippen LogP contribution in [0.15, 0.2) is 48.0 Å². The van der Waals surface area contributed by atoms with E-state index in [1.807, 2.05) is 30.1 Å². The first kappa shape index (κ1) is 20.8. The Kier molecular flexibility index (Phi) is 5.76. The summed E-state index contributed by atoms with van der Waals surface area (Å²) in [7, 11) is 1.92. The summed E-state index contributed by atoms with van der Waals surface area (Å²) < 4.78 is 8.36. The van der Waals surface area contributed by atoms with E-state index in [2.05, 4.69) is 47.0 Å². The van der Waals surface area contributed by atoms with Crippen LogP contribution in [0.2, 0.25) is 0 Å². The van der Waals surface area contributed by atoms with Crippen LogP contribution in [-0.4, -0.2) is 39.9 Å². The van der Waals surface area contributed by atoms with Gasteiger partial charge in [0.25, 0.3) is 5.91 Å². The number of hydrogen-bond donors (Lipinski definition) is 1. The molecule has 0 bridgehead atoms. The molecular formula is C25H26N4O2S. The van der Waals surface area contributed by atoms with Crippen molar-refractivity contribution in [2.75, 3.05) is 13.2 Å². The summed E-state index contributed by atoms with van der Waals surface area (Å²) in [6.45, 7) is 3.44. The van der Waals surface area contributed by atoms with Gasteiger partial charge in [0.1, 0.15) is 5.69 Å². The molecule has 0 radical (unpaired) electrons. The highest BCUT2D eigenvalue weighted by Crippen LogP contribution is 2.30. The minimum Gasteiger partial charge on any atom is -0.381 e. The van der Waals surface area contributed by atoms with Crippen LogP contribution >= 0.6 is 11.3 Å². The van der Waals surface area contributed by atoms with Crippen LogP contribution < -0.4 is 5.32 Å². The van der Waals surface area contributed by atoms with Crippen LogP contribution in [0.4, 0.5) is 0 Å². The van der Waals surface area contributed by atoms with Crippen molar-refractivity contribution in [2.45, 2.75) is 32.2 Å².